The second-order valence-corrected chi connectivity index (χ2v) is 9.29. The first kappa shape index (κ1) is 22.1. The maximum atomic E-state index is 13.3. The van der Waals surface area contributed by atoms with Crippen LogP contribution in [0.2, 0.25) is 0 Å². The van der Waals surface area contributed by atoms with E-state index in [9.17, 15) is 14.0 Å². The summed E-state index contributed by atoms with van der Waals surface area (Å²) in [5.74, 6) is -1.02. The number of halogens is 1. The maximum Gasteiger partial charge on any atom is 0.419 e. The van der Waals surface area contributed by atoms with Crippen LogP contribution >= 0.6 is 11.3 Å². The van der Waals surface area contributed by atoms with Gasteiger partial charge >= 0.3 is 5.76 Å². The number of hydrogen-bond donors (Lipinski definition) is 1. The summed E-state index contributed by atoms with van der Waals surface area (Å²) in [5.41, 5.74) is 3.16. The number of nitrogens with one attached hydrogen (secondary N) is 1. The van der Waals surface area contributed by atoms with Crippen LogP contribution < -0.4 is 11.1 Å². The summed E-state index contributed by atoms with van der Waals surface area (Å²) in [5, 5.41) is 8.31. The Morgan fingerprint density at radius 2 is 1.94 bits per heavy atom. The highest BCUT2D eigenvalue weighted by Gasteiger charge is 2.18. The van der Waals surface area contributed by atoms with Gasteiger partial charge in [0.15, 0.2) is 5.58 Å². The number of carbonyl (C=O) groups is 1. The average Bonchev–Trinajstić information content (AvgIpc) is 3.45. The Balaban J connectivity index is 1.44. The number of oxazole rings is 1. The van der Waals surface area contributed by atoms with Gasteiger partial charge in [-0.05, 0) is 69.6 Å². The van der Waals surface area contributed by atoms with E-state index < -0.39 is 5.76 Å². The lowest BCUT2D eigenvalue weighted by molar-refractivity contribution is 0.103. The Labute approximate surface area is 197 Å². The first-order valence-corrected chi connectivity index (χ1v) is 11.5. The fourth-order valence-electron chi connectivity index (χ4n) is 3.76. The van der Waals surface area contributed by atoms with Gasteiger partial charge in [0.2, 0.25) is 0 Å². The number of carbonyl (C=O) groups excluding carboxylic acids is 1. The topological polar surface area (TPSA) is 85.3 Å². The van der Waals surface area contributed by atoms with Crippen molar-refractivity contribution < 1.29 is 13.6 Å². The quantitative estimate of drug-likeness (QED) is 0.393. The van der Waals surface area contributed by atoms with Gasteiger partial charge in [0, 0.05) is 24.2 Å². The summed E-state index contributed by atoms with van der Waals surface area (Å²) in [6.07, 6.45) is 0. The van der Waals surface area contributed by atoms with E-state index in [2.05, 4.69) is 10.4 Å². The molecular weight excluding hydrogens is 457 g/mol. The van der Waals surface area contributed by atoms with Gasteiger partial charge in [-0.2, -0.15) is 5.10 Å². The van der Waals surface area contributed by atoms with Crippen molar-refractivity contribution in [3.05, 3.63) is 75.5 Å². The summed E-state index contributed by atoms with van der Waals surface area (Å²) < 4.78 is 21.9. The lowest BCUT2D eigenvalue weighted by Crippen LogP contribution is -2.23. The predicted octanol–water partition coefficient (Wildman–Crippen LogP) is 4.26. The SMILES string of the molecule is Cc1nn(-c2ccc(F)cc2)c2sc(C(=O)Nc3ccc4oc(=O)n(CCN(C)C)c4c3)cc12. The molecule has 3 aromatic heterocycles. The lowest BCUT2D eigenvalue weighted by atomic mass is 10.2. The van der Waals surface area contributed by atoms with Crippen LogP contribution in [0.25, 0.3) is 27.0 Å². The molecule has 0 atom stereocenters. The number of rotatable bonds is 6. The van der Waals surface area contributed by atoms with Crippen molar-refractivity contribution in [2.45, 2.75) is 13.5 Å². The number of likely N-dealkylation sites (N-methyl/N-ethyl adjacent to an activating group) is 1. The van der Waals surface area contributed by atoms with Crippen LogP contribution in [0.3, 0.4) is 0 Å². The van der Waals surface area contributed by atoms with Gasteiger partial charge in [0.25, 0.3) is 5.91 Å². The zero-order chi connectivity index (χ0) is 24.0. The molecule has 0 unspecified atom stereocenters. The minimum absolute atomic E-state index is 0.267. The highest BCUT2D eigenvalue weighted by molar-refractivity contribution is 7.20. The summed E-state index contributed by atoms with van der Waals surface area (Å²) in [6, 6.07) is 13.0. The number of aryl methyl sites for hydroxylation is 1. The predicted molar refractivity (Wildman–Crippen MR) is 131 cm³/mol. The van der Waals surface area contributed by atoms with E-state index in [1.54, 1.807) is 45.6 Å². The van der Waals surface area contributed by atoms with E-state index in [-0.39, 0.29) is 11.7 Å². The van der Waals surface area contributed by atoms with Crippen LogP contribution in [0, 0.1) is 12.7 Å². The minimum atomic E-state index is -0.425. The van der Waals surface area contributed by atoms with Crippen molar-refractivity contribution in [3.8, 4) is 5.69 Å². The number of aromatic nitrogens is 3. The minimum Gasteiger partial charge on any atom is -0.408 e. The molecule has 0 fully saturated rings. The fraction of sp³-hybridized carbons (Fsp3) is 0.208. The molecule has 174 valence electrons. The first-order valence-electron chi connectivity index (χ1n) is 10.6. The molecule has 0 saturated heterocycles. The molecule has 0 aliphatic carbocycles. The Morgan fingerprint density at radius 1 is 1.18 bits per heavy atom. The molecule has 10 heteroatoms. The summed E-state index contributed by atoms with van der Waals surface area (Å²) >= 11 is 1.31. The molecule has 1 N–H and O–H groups in total. The summed E-state index contributed by atoms with van der Waals surface area (Å²) in [6.45, 7) is 3.03. The van der Waals surface area contributed by atoms with Crippen LogP contribution in [0.15, 0.2) is 57.7 Å². The van der Waals surface area contributed by atoms with Crippen molar-refractivity contribution in [3.63, 3.8) is 0 Å². The number of hydrogen-bond acceptors (Lipinski definition) is 6. The second kappa shape index (κ2) is 8.54. The molecule has 3 heterocycles. The van der Waals surface area contributed by atoms with Gasteiger partial charge in [0.05, 0.1) is 21.8 Å². The highest BCUT2D eigenvalue weighted by atomic mass is 32.1. The zero-order valence-electron chi connectivity index (χ0n) is 18.8. The smallest absolute Gasteiger partial charge is 0.408 e. The van der Waals surface area contributed by atoms with Crippen molar-refractivity contribution in [1.82, 2.24) is 19.2 Å². The van der Waals surface area contributed by atoms with Crippen molar-refractivity contribution in [2.75, 3.05) is 26.0 Å². The van der Waals surface area contributed by atoms with Crippen molar-refractivity contribution in [2.24, 2.45) is 0 Å². The van der Waals surface area contributed by atoms with E-state index in [4.69, 9.17) is 4.42 Å². The number of amides is 1. The van der Waals surface area contributed by atoms with E-state index in [0.717, 1.165) is 21.6 Å². The Morgan fingerprint density at radius 3 is 2.68 bits per heavy atom. The molecule has 1 amide bonds. The number of thiophene rings is 1. The monoisotopic (exact) mass is 479 g/mol. The van der Waals surface area contributed by atoms with Crippen LogP contribution in [-0.4, -0.2) is 45.8 Å². The van der Waals surface area contributed by atoms with Gasteiger partial charge in [-0.25, -0.2) is 13.9 Å². The second-order valence-electron chi connectivity index (χ2n) is 8.26. The van der Waals surface area contributed by atoms with Gasteiger partial charge in [-0.3, -0.25) is 9.36 Å². The van der Waals surface area contributed by atoms with E-state index >= 15 is 0 Å². The number of nitrogens with zero attached hydrogens (tertiary/aromatic N) is 4. The molecule has 5 rings (SSSR count). The van der Waals surface area contributed by atoms with Crippen molar-refractivity contribution >= 4 is 44.2 Å². The van der Waals surface area contributed by atoms with Crippen LogP contribution in [-0.2, 0) is 6.54 Å². The maximum absolute atomic E-state index is 13.3. The molecule has 2 aromatic carbocycles. The largest absolute Gasteiger partial charge is 0.419 e. The molecule has 8 nitrogen and oxygen atoms in total. The van der Waals surface area contributed by atoms with E-state index in [1.165, 1.54) is 23.5 Å². The highest BCUT2D eigenvalue weighted by Crippen LogP contribution is 2.31. The molecular formula is C24H22FN5O3S. The Hall–Kier alpha value is -3.76. The molecule has 5 aromatic rings. The lowest BCUT2D eigenvalue weighted by Gasteiger charge is -2.09. The van der Waals surface area contributed by atoms with Crippen LogP contribution in [0.1, 0.15) is 15.4 Å². The first-order chi connectivity index (χ1) is 16.3. The molecule has 0 bridgehead atoms. The normalized spacial score (nSPS) is 11.7. The van der Waals surface area contributed by atoms with E-state index in [1.807, 2.05) is 25.9 Å². The molecule has 34 heavy (non-hydrogen) atoms. The third-order valence-electron chi connectivity index (χ3n) is 5.54. The summed E-state index contributed by atoms with van der Waals surface area (Å²) in [7, 11) is 3.86. The van der Waals surface area contributed by atoms with E-state index in [0.29, 0.717) is 34.8 Å². The summed E-state index contributed by atoms with van der Waals surface area (Å²) in [4.78, 5) is 28.6. The van der Waals surface area contributed by atoms with Gasteiger partial charge in [-0.15, -0.1) is 11.3 Å². The zero-order valence-corrected chi connectivity index (χ0v) is 19.6. The molecule has 0 aliphatic rings. The van der Waals surface area contributed by atoms with Gasteiger partial charge in [0.1, 0.15) is 10.6 Å². The Bertz CT molecular complexity index is 1580. The standard InChI is InChI=1S/C24H22FN5O3S/c1-14-18-13-21(34-23(18)30(27-14)17-7-4-15(25)5-8-17)22(31)26-16-6-9-20-19(12-16)29(24(32)33-20)11-10-28(2)3/h4-9,12-13H,10-11H2,1-3H3,(H,26,31). The van der Waals surface area contributed by atoms with Crippen LogP contribution in [0.4, 0.5) is 10.1 Å². The third kappa shape index (κ3) is 4.02. The number of fused-ring (bicyclic) bond motifs is 2. The molecule has 0 aliphatic heterocycles. The molecule has 0 spiro atoms. The number of anilines is 1. The molecule has 0 radical (unpaired) electrons. The van der Waals surface area contributed by atoms with Gasteiger partial charge in [-0.1, -0.05) is 0 Å². The number of benzene rings is 2. The average molecular weight is 480 g/mol. The Kier molecular flexibility index (Phi) is 5.54. The fourth-order valence-corrected chi connectivity index (χ4v) is 4.84. The van der Waals surface area contributed by atoms with Gasteiger partial charge < -0.3 is 14.6 Å². The van der Waals surface area contributed by atoms with Crippen LogP contribution in [0.5, 0.6) is 0 Å². The molecule has 0 saturated carbocycles. The van der Waals surface area contributed by atoms with Crippen molar-refractivity contribution in [1.29, 1.82) is 0 Å². The third-order valence-corrected chi connectivity index (χ3v) is 6.65.